The number of imide groups is 1. The maximum atomic E-state index is 13.3. The molecule has 0 unspecified atom stereocenters. The van der Waals surface area contributed by atoms with Gasteiger partial charge in [-0.05, 0) is 60.0 Å². The molecule has 1 N–H and O–H groups in total. The number of rotatable bonds is 4. The van der Waals surface area contributed by atoms with Gasteiger partial charge in [0.2, 0.25) is 11.8 Å². The van der Waals surface area contributed by atoms with Gasteiger partial charge in [-0.15, -0.1) is 0 Å². The van der Waals surface area contributed by atoms with Crippen molar-refractivity contribution in [3.8, 4) is 28.2 Å². The van der Waals surface area contributed by atoms with Crippen LogP contribution in [-0.2, 0) is 23.2 Å². The Balaban J connectivity index is 1.32. The van der Waals surface area contributed by atoms with Crippen LogP contribution in [0.15, 0.2) is 60.9 Å². The third-order valence-electron chi connectivity index (χ3n) is 6.70. The lowest BCUT2D eigenvalue weighted by Gasteiger charge is -2.29. The van der Waals surface area contributed by atoms with Gasteiger partial charge in [-0.2, -0.15) is 10.2 Å². The molecule has 2 aromatic heterocycles. The van der Waals surface area contributed by atoms with Gasteiger partial charge in [0.1, 0.15) is 17.6 Å². The van der Waals surface area contributed by atoms with Gasteiger partial charge in [-0.1, -0.05) is 6.07 Å². The highest BCUT2D eigenvalue weighted by Crippen LogP contribution is 2.35. The van der Waals surface area contributed by atoms with E-state index in [1.54, 1.807) is 40.0 Å². The summed E-state index contributed by atoms with van der Waals surface area (Å²) in [5.74, 6) is -1.27. The molecule has 0 aliphatic carbocycles. The molecule has 2 aliphatic heterocycles. The van der Waals surface area contributed by atoms with Gasteiger partial charge in [0, 0.05) is 37.3 Å². The van der Waals surface area contributed by atoms with Crippen LogP contribution in [0.25, 0.3) is 28.2 Å². The fourth-order valence-corrected chi connectivity index (χ4v) is 4.88. The van der Waals surface area contributed by atoms with Crippen molar-refractivity contribution >= 4 is 17.7 Å². The number of benzene rings is 2. The lowest BCUT2D eigenvalue weighted by Crippen LogP contribution is -2.52. The number of aromatic nitrogens is 4. The van der Waals surface area contributed by atoms with E-state index in [4.69, 9.17) is 0 Å². The van der Waals surface area contributed by atoms with Gasteiger partial charge in [0.25, 0.3) is 5.91 Å². The highest BCUT2D eigenvalue weighted by atomic mass is 19.1. The van der Waals surface area contributed by atoms with Gasteiger partial charge in [0.05, 0.1) is 17.6 Å². The zero-order valence-electron chi connectivity index (χ0n) is 19.3. The number of piperidine rings is 1. The molecule has 1 saturated heterocycles. The summed E-state index contributed by atoms with van der Waals surface area (Å²) in [6.45, 7) is 0.295. The quantitative estimate of drug-likeness (QED) is 0.449. The third-order valence-corrected chi connectivity index (χ3v) is 6.70. The Bertz CT molecular complexity index is 1540. The average molecular weight is 484 g/mol. The van der Waals surface area contributed by atoms with Gasteiger partial charge in [-0.3, -0.25) is 24.4 Å². The Hall–Kier alpha value is -4.60. The van der Waals surface area contributed by atoms with Crippen LogP contribution < -0.4 is 5.32 Å². The highest BCUT2D eigenvalue weighted by Gasteiger charge is 2.39. The van der Waals surface area contributed by atoms with Crippen molar-refractivity contribution in [1.29, 1.82) is 0 Å². The van der Waals surface area contributed by atoms with Crippen LogP contribution in [0.1, 0.15) is 28.8 Å². The minimum Gasteiger partial charge on any atom is -0.322 e. The summed E-state index contributed by atoms with van der Waals surface area (Å²) in [6.07, 6.45) is 4.09. The van der Waals surface area contributed by atoms with Crippen molar-refractivity contribution < 1.29 is 18.8 Å². The second kappa shape index (κ2) is 8.26. The molecule has 6 rings (SSSR count). The smallest absolute Gasteiger partial charge is 0.255 e. The number of carbonyl (C=O) groups is 3. The predicted octanol–water partition coefficient (Wildman–Crippen LogP) is 2.84. The Labute approximate surface area is 205 Å². The number of fused-ring (bicyclic) bond motifs is 1. The van der Waals surface area contributed by atoms with Crippen LogP contribution in [0.2, 0.25) is 0 Å². The molecule has 0 spiro atoms. The summed E-state index contributed by atoms with van der Waals surface area (Å²) in [5, 5.41) is 11.4. The lowest BCUT2D eigenvalue weighted by molar-refractivity contribution is -0.136. The summed E-state index contributed by atoms with van der Waals surface area (Å²) in [7, 11) is 1.83. The van der Waals surface area contributed by atoms with Gasteiger partial charge >= 0.3 is 0 Å². The first-order valence-corrected chi connectivity index (χ1v) is 11.5. The van der Waals surface area contributed by atoms with Crippen molar-refractivity contribution in [2.75, 3.05) is 0 Å². The molecule has 1 atom stereocenters. The van der Waals surface area contributed by atoms with Gasteiger partial charge < -0.3 is 4.90 Å². The second-order valence-corrected chi connectivity index (χ2v) is 8.92. The summed E-state index contributed by atoms with van der Waals surface area (Å²) < 4.78 is 16.7. The van der Waals surface area contributed by atoms with Crippen LogP contribution in [0.3, 0.4) is 0 Å². The SMILES string of the molecule is Cn1ncc(-c2ccc3c(c2)CN([C@H]2CCC(=O)NC2=O)C3=O)c1-c1ccn(-c2ccc(F)cc2)n1. The predicted molar refractivity (Wildman–Crippen MR) is 127 cm³/mol. The number of nitrogens with one attached hydrogen (secondary N) is 1. The first-order chi connectivity index (χ1) is 17.4. The van der Waals surface area contributed by atoms with E-state index in [2.05, 4.69) is 15.5 Å². The average Bonchev–Trinajstić information content (AvgIpc) is 3.57. The Kier molecular flexibility index (Phi) is 5.03. The molecule has 36 heavy (non-hydrogen) atoms. The van der Waals surface area contributed by atoms with Crippen molar-refractivity contribution in [3.63, 3.8) is 0 Å². The molecule has 180 valence electrons. The van der Waals surface area contributed by atoms with E-state index in [1.807, 2.05) is 25.2 Å². The van der Waals surface area contributed by atoms with Crippen LogP contribution in [0.4, 0.5) is 4.39 Å². The van der Waals surface area contributed by atoms with Gasteiger partial charge in [-0.25, -0.2) is 9.07 Å². The van der Waals surface area contributed by atoms with E-state index in [-0.39, 0.29) is 24.1 Å². The molecule has 0 radical (unpaired) electrons. The van der Waals surface area contributed by atoms with E-state index in [1.165, 1.54) is 17.0 Å². The first-order valence-electron chi connectivity index (χ1n) is 11.5. The van der Waals surface area contributed by atoms with Crippen LogP contribution >= 0.6 is 0 Å². The molecular formula is C26H21FN6O3. The molecular weight excluding hydrogens is 463 g/mol. The number of aryl methyl sites for hydroxylation is 1. The molecule has 9 nitrogen and oxygen atoms in total. The fourth-order valence-electron chi connectivity index (χ4n) is 4.88. The van der Waals surface area contributed by atoms with Crippen molar-refractivity contribution in [2.24, 2.45) is 7.05 Å². The van der Waals surface area contributed by atoms with Crippen molar-refractivity contribution in [1.82, 2.24) is 29.8 Å². The van der Waals surface area contributed by atoms with Crippen LogP contribution in [0, 0.1) is 5.82 Å². The summed E-state index contributed by atoms with van der Waals surface area (Å²) in [5.41, 5.74) is 5.29. The molecule has 3 amide bonds. The normalized spacial score (nSPS) is 17.4. The maximum absolute atomic E-state index is 13.3. The Morgan fingerprint density at radius 2 is 1.83 bits per heavy atom. The molecule has 4 aromatic rings. The molecule has 2 aliphatic rings. The molecule has 0 bridgehead atoms. The summed E-state index contributed by atoms with van der Waals surface area (Å²) in [6, 6.07) is 12.9. The van der Waals surface area contributed by atoms with E-state index >= 15 is 0 Å². The number of amides is 3. The highest BCUT2D eigenvalue weighted by molar-refractivity contribution is 6.05. The van der Waals surface area contributed by atoms with Crippen LogP contribution in [-0.4, -0.2) is 48.2 Å². The van der Waals surface area contributed by atoms with Crippen LogP contribution in [0.5, 0.6) is 0 Å². The molecule has 10 heteroatoms. The number of carbonyl (C=O) groups excluding carboxylic acids is 3. The zero-order valence-corrected chi connectivity index (χ0v) is 19.3. The molecule has 1 fully saturated rings. The fraction of sp³-hybridized carbons (Fsp3) is 0.192. The van der Waals surface area contributed by atoms with Gasteiger partial charge in [0.15, 0.2) is 0 Å². The Morgan fingerprint density at radius 1 is 1.03 bits per heavy atom. The summed E-state index contributed by atoms with van der Waals surface area (Å²) >= 11 is 0. The summed E-state index contributed by atoms with van der Waals surface area (Å²) in [4.78, 5) is 38.4. The van der Waals surface area contributed by atoms with E-state index in [9.17, 15) is 18.8 Å². The van der Waals surface area contributed by atoms with E-state index in [0.717, 1.165) is 28.1 Å². The number of nitrogens with zero attached hydrogens (tertiary/aromatic N) is 5. The number of hydrogen-bond donors (Lipinski definition) is 1. The zero-order chi connectivity index (χ0) is 25.0. The third kappa shape index (κ3) is 3.58. The Morgan fingerprint density at radius 3 is 2.61 bits per heavy atom. The van der Waals surface area contributed by atoms with E-state index < -0.39 is 11.9 Å². The number of halogens is 1. The molecule has 2 aromatic carbocycles. The molecule has 0 saturated carbocycles. The number of hydrogen-bond acceptors (Lipinski definition) is 5. The van der Waals surface area contributed by atoms with E-state index in [0.29, 0.717) is 24.2 Å². The standard InChI is InChI=1S/C26H21FN6O3/c1-31-24(21-10-11-33(30-21)18-5-3-17(27)4-6-18)20(13-28-31)15-2-7-19-16(12-15)14-32(26(19)36)22-8-9-23(34)29-25(22)35/h2-7,10-13,22H,8-9,14H2,1H3,(H,29,34,35)/t22-/m0/s1. The lowest BCUT2D eigenvalue weighted by atomic mass is 10.00. The maximum Gasteiger partial charge on any atom is 0.255 e. The minimum absolute atomic E-state index is 0.212. The largest absolute Gasteiger partial charge is 0.322 e. The monoisotopic (exact) mass is 484 g/mol. The van der Waals surface area contributed by atoms with Crippen molar-refractivity contribution in [3.05, 3.63) is 77.9 Å². The minimum atomic E-state index is -0.657. The topological polar surface area (TPSA) is 102 Å². The first kappa shape index (κ1) is 21.9. The molecule has 4 heterocycles. The second-order valence-electron chi connectivity index (χ2n) is 8.92. The van der Waals surface area contributed by atoms with Crippen molar-refractivity contribution in [2.45, 2.75) is 25.4 Å².